The number of hydrogen-bond acceptors (Lipinski definition) is 2. The molecule has 0 radical (unpaired) electrons. The van der Waals surface area contributed by atoms with E-state index in [9.17, 15) is 9.59 Å². The van der Waals surface area contributed by atoms with Gasteiger partial charge in [-0.3, -0.25) is 9.59 Å². The van der Waals surface area contributed by atoms with Gasteiger partial charge in [-0.15, -0.1) is 0 Å². The quantitative estimate of drug-likeness (QED) is 0.846. The molecular formula is C11H15ClN2O2. The average Bonchev–Trinajstić information content (AvgIpc) is 2.21. The van der Waals surface area contributed by atoms with Crippen LogP contribution in [0.5, 0.6) is 0 Å². The molecule has 0 aliphatic heterocycles. The molecule has 1 rings (SSSR count). The van der Waals surface area contributed by atoms with Crippen LogP contribution in [0.4, 0.5) is 0 Å². The molecule has 16 heavy (non-hydrogen) atoms. The Balaban J connectivity index is 2.66. The van der Waals surface area contributed by atoms with Crippen LogP contribution in [-0.2, 0) is 0 Å². The summed E-state index contributed by atoms with van der Waals surface area (Å²) in [5.41, 5.74) is -0.372. The Morgan fingerprint density at radius 3 is 2.88 bits per heavy atom. The molecule has 0 fully saturated rings. The van der Waals surface area contributed by atoms with Crippen molar-refractivity contribution >= 4 is 17.5 Å². The number of aromatic nitrogens is 1. The van der Waals surface area contributed by atoms with E-state index in [2.05, 4.69) is 24.1 Å². The van der Waals surface area contributed by atoms with Gasteiger partial charge in [0.25, 0.3) is 11.5 Å². The Kier molecular flexibility index (Phi) is 4.55. The normalized spacial score (nSPS) is 10.5. The van der Waals surface area contributed by atoms with E-state index in [0.29, 0.717) is 17.5 Å². The van der Waals surface area contributed by atoms with Crippen molar-refractivity contribution in [2.24, 2.45) is 5.92 Å². The number of pyridine rings is 1. The molecule has 1 amide bonds. The van der Waals surface area contributed by atoms with E-state index in [4.69, 9.17) is 11.6 Å². The molecule has 0 unspecified atom stereocenters. The fraction of sp³-hybridized carbons (Fsp3) is 0.455. The largest absolute Gasteiger partial charge is 0.352 e. The third-order valence-corrected chi connectivity index (χ3v) is 2.34. The molecule has 1 heterocycles. The van der Waals surface area contributed by atoms with Crippen molar-refractivity contribution in [1.82, 2.24) is 10.3 Å². The van der Waals surface area contributed by atoms with Gasteiger partial charge in [-0.2, -0.15) is 0 Å². The predicted molar refractivity (Wildman–Crippen MR) is 63.9 cm³/mol. The van der Waals surface area contributed by atoms with Crippen molar-refractivity contribution in [3.63, 3.8) is 0 Å². The van der Waals surface area contributed by atoms with Crippen molar-refractivity contribution in [2.75, 3.05) is 6.54 Å². The molecule has 0 aliphatic rings. The van der Waals surface area contributed by atoms with E-state index in [1.54, 1.807) is 0 Å². The number of halogens is 1. The molecule has 0 bridgehead atoms. The van der Waals surface area contributed by atoms with Crippen LogP contribution in [0.2, 0.25) is 5.02 Å². The minimum Gasteiger partial charge on any atom is -0.352 e. The first kappa shape index (κ1) is 12.8. The monoisotopic (exact) mass is 242 g/mol. The Labute approximate surface area is 99.0 Å². The Morgan fingerprint density at radius 2 is 2.25 bits per heavy atom. The summed E-state index contributed by atoms with van der Waals surface area (Å²) in [6.45, 7) is 4.69. The van der Waals surface area contributed by atoms with Gasteiger partial charge >= 0.3 is 0 Å². The minimum atomic E-state index is -0.425. The van der Waals surface area contributed by atoms with Crippen LogP contribution in [-0.4, -0.2) is 17.4 Å². The van der Waals surface area contributed by atoms with Gasteiger partial charge in [-0.05, 0) is 18.4 Å². The van der Waals surface area contributed by atoms with Gasteiger partial charge in [0.2, 0.25) is 0 Å². The first-order chi connectivity index (χ1) is 7.50. The van der Waals surface area contributed by atoms with Gasteiger partial charge < -0.3 is 10.3 Å². The number of H-pyrrole nitrogens is 1. The molecule has 0 aromatic carbocycles. The molecule has 0 saturated heterocycles. The lowest BCUT2D eigenvalue weighted by atomic mass is 10.1. The van der Waals surface area contributed by atoms with E-state index in [-0.39, 0.29) is 11.5 Å². The summed E-state index contributed by atoms with van der Waals surface area (Å²) in [6, 6.07) is 1.37. The van der Waals surface area contributed by atoms with Crippen LogP contribution in [0, 0.1) is 5.92 Å². The first-order valence-corrected chi connectivity index (χ1v) is 5.55. The van der Waals surface area contributed by atoms with E-state index >= 15 is 0 Å². The lowest BCUT2D eigenvalue weighted by Gasteiger charge is -2.06. The lowest BCUT2D eigenvalue weighted by Crippen LogP contribution is -2.30. The maximum atomic E-state index is 11.6. The zero-order valence-corrected chi connectivity index (χ0v) is 10.1. The fourth-order valence-electron chi connectivity index (χ4n) is 1.20. The third kappa shape index (κ3) is 3.70. The van der Waals surface area contributed by atoms with E-state index in [1.807, 2.05) is 0 Å². The van der Waals surface area contributed by atoms with Gasteiger partial charge in [-0.25, -0.2) is 0 Å². The van der Waals surface area contributed by atoms with Gasteiger partial charge in [0.15, 0.2) is 0 Å². The summed E-state index contributed by atoms with van der Waals surface area (Å²) in [6.07, 6.45) is 2.24. The molecule has 1 aromatic heterocycles. The lowest BCUT2D eigenvalue weighted by molar-refractivity contribution is 0.0950. The molecule has 4 nitrogen and oxygen atoms in total. The minimum absolute atomic E-state index is 0.0521. The summed E-state index contributed by atoms with van der Waals surface area (Å²) in [5.74, 6) is 0.127. The average molecular weight is 243 g/mol. The highest BCUT2D eigenvalue weighted by atomic mass is 35.5. The summed E-state index contributed by atoms with van der Waals surface area (Å²) in [4.78, 5) is 25.3. The Hall–Kier alpha value is -1.29. The highest BCUT2D eigenvalue weighted by molar-refractivity contribution is 6.30. The standard InChI is InChI=1S/C11H15ClN2O2/c1-7(2)3-4-13-10(15)9-5-8(12)6-14-11(9)16/h5-7H,3-4H2,1-2H3,(H,13,15)(H,14,16). The number of carbonyl (C=O) groups excluding carboxylic acids is 1. The topological polar surface area (TPSA) is 62.0 Å². The zero-order chi connectivity index (χ0) is 12.1. The number of aromatic amines is 1. The Bertz CT molecular complexity index is 426. The highest BCUT2D eigenvalue weighted by Crippen LogP contribution is 2.05. The van der Waals surface area contributed by atoms with Crippen molar-refractivity contribution in [1.29, 1.82) is 0 Å². The zero-order valence-electron chi connectivity index (χ0n) is 9.34. The maximum Gasteiger partial charge on any atom is 0.260 e. The van der Waals surface area contributed by atoms with E-state index in [0.717, 1.165) is 6.42 Å². The number of hydrogen-bond donors (Lipinski definition) is 2. The first-order valence-electron chi connectivity index (χ1n) is 5.17. The van der Waals surface area contributed by atoms with Gasteiger partial charge in [0, 0.05) is 12.7 Å². The molecule has 0 spiro atoms. The van der Waals surface area contributed by atoms with Crippen LogP contribution in [0.25, 0.3) is 0 Å². The van der Waals surface area contributed by atoms with Crippen molar-refractivity contribution in [3.05, 3.63) is 33.2 Å². The fourth-order valence-corrected chi connectivity index (χ4v) is 1.36. The van der Waals surface area contributed by atoms with Gasteiger partial charge in [0.05, 0.1) is 5.02 Å². The summed E-state index contributed by atoms with van der Waals surface area (Å²) in [7, 11) is 0. The van der Waals surface area contributed by atoms with Crippen LogP contribution >= 0.6 is 11.6 Å². The molecular weight excluding hydrogens is 228 g/mol. The Morgan fingerprint density at radius 1 is 1.56 bits per heavy atom. The molecule has 0 atom stereocenters. The molecule has 2 N–H and O–H groups in total. The van der Waals surface area contributed by atoms with Gasteiger partial charge in [0.1, 0.15) is 5.56 Å². The van der Waals surface area contributed by atoms with Crippen LogP contribution in [0.1, 0.15) is 30.6 Å². The molecule has 88 valence electrons. The molecule has 5 heteroatoms. The second-order valence-corrected chi connectivity index (χ2v) is 4.44. The van der Waals surface area contributed by atoms with E-state index in [1.165, 1.54) is 12.3 Å². The second-order valence-electron chi connectivity index (χ2n) is 4.00. The second kappa shape index (κ2) is 5.70. The molecule has 0 saturated carbocycles. The SMILES string of the molecule is CC(C)CCNC(=O)c1cc(Cl)c[nH]c1=O. The van der Waals surface area contributed by atoms with Crippen LogP contribution in [0.15, 0.2) is 17.1 Å². The number of rotatable bonds is 4. The van der Waals surface area contributed by atoms with Crippen molar-refractivity contribution in [3.8, 4) is 0 Å². The van der Waals surface area contributed by atoms with Crippen LogP contribution in [0.3, 0.4) is 0 Å². The van der Waals surface area contributed by atoms with Gasteiger partial charge in [-0.1, -0.05) is 25.4 Å². The van der Waals surface area contributed by atoms with Crippen molar-refractivity contribution in [2.45, 2.75) is 20.3 Å². The maximum absolute atomic E-state index is 11.6. The molecule has 1 aromatic rings. The smallest absolute Gasteiger partial charge is 0.260 e. The van der Waals surface area contributed by atoms with E-state index < -0.39 is 5.56 Å². The number of amides is 1. The molecule has 0 aliphatic carbocycles. The predicted octanol–water partition coefficient (Wildman–Crippen LogP) is 1.80. The van der Waals surface area contributed by atoms with Crippen LogP contribution < -0.4 is 10.9 Å². The van der Waals surface area contributed by atoms with Crippen molar-refractivity contribution < 1.29 is 4.79 Å². The number of carbonyl (C=O) groups is 1. The third-order valence-electron chi connectivity index (χ3n) is 2.12. The summed E-state index contributed by atoms with van der Waals surface area (Å²) < 4.78 is 0. The summed E-state index contributed by atoms with van der Waals surface area (Å²) >= 11 is 5.70. The highest BCUT2D eigenvalue weighted by Gasteiger charge is 2.10. The summed E-state index contributed by atoms with van der Waals surface area (Å²) in [5, 5.41) is 3.02. The number of nitrogens with one attached hydrogen (secondary N) is 2.